The number of aliphatic carboxylic acids is 2. The molecule has 1 heterocycles. The summed E-state index contributed by atoms with van der Waals surface area (Å²) in [6, 6.07) is 3.92. The fourth-order valence-corrected chi connectivity index (χ4v) is 3.83. The normalized spacial score (nSPS) is 18.7. The van der Waals surface area contributed by atoms with Gasteiger partial charge in [-0.15, -0.1) is 0 Å². The summed E-state index contributed by atoms with van der Waals surface area (Å²) in [5.41, 5.74) is 6.32. The van der Waals surface area contributed by atoms with Crippen LogP contribution in [-0.2, 0) is 30.4 Å². The van der Waals surface area contributed by atoms with E-state index in [9.17, 15) is 34.2 Å². The van der Waals surface area contributed by atoms with Crippen LogP contribution < -0.4 is 16.4 Å². The fourth-order valence-electron chi connectivity index (χ4n) is 3.83. The molecule has 5 atom stereocenters. The smallest absolute Gasteiger partial charge is 0.326 e. The minimum atomic E-state index is -1.35. The van der Waals surface area contributed by atoms with E-state index in [0.29, 0.717) is 18.4 Å². The fraction of sp³-hybridized carbons (Fsp3) is 0.522. The van der Waals surface area contributed by atoms with Crippen molar-refractivity contribution in [1.29, 1.82) is 0 Å². The Morgan fingerprint density at radius 3 is 2.26 bits per heavy atom. The Morgan fingerprint density at radius 1 is 1.06 bits per heavy atom. The van der Waals surface area contributed by atoms with E-state index in [2.05, 4.69) is 10.6 Å². The zero-order valence-corrected chi connectivity index (χ0v) is 19.4. The van der Waals surface area contributed by atoms with Gasteiger partial charge in [-0.25, -0.2) is 4.79 Å². The number of aliphatic hydroxyl groups excluding tert-OH is 1. The lowest BCUT2D eigenvalue weighted by Crippen LogP contribution is -2.58. The van der Waals surface area contributed by atoms with E-state index >= 15 is 0 Å². The number of aliphatic hydroxyl groups is 1. The molecule has 0 radical (unpaired) electrons. The van der Waals surface area contributed by atoms with Crippen molar-refractivity contribution in [1.82, 2.24) is 15.5 Å². The molecule has 1 saturated heterocycles. The van der Waals surface area contributed by atoms with E-state index < -0.39 is 66.4 Å². The molecule has 5 unspecified atom stereocenters. The third kappa shape index (κ3) is 8.04. The predicted molar refractivity (Wildman–Crippen MR) is 123 cm³/mol. The van der Waals surface area contributed by atoms with Crippen LogP contribution in [0.15, 0.2) is 30.3 Å². The Hall–Kier alpha value is -3.51. The molecule has 12 nitrogen and oxygen atoms in total. The second-order valence-corrected chi connectivity index (χ2v) is 8.54. The van der Waals surface area contributed by atoms with Gasteiger partial charge in [-0.05, 0) is 31.7 Å². The molecule has 35 heavy (non-hydrogen) atoms. The molecule has 0 saturated carbocycles. The Bertz CT molecular complexity index is 923. The summed E-state index contributed by atoms with van der Waals surface area (Å²) < 4.78 is 0. The van der Waals surface area contributed by atoms with Gasteiger partial charge in [0.05, 0.1) is 6.10 Å². The minimum absolute atomic E-state index is 0.0566. The lowest BCUT2D eigenvalue weighted by Gasteiger charge is -2.29. The zero-order valence-electron chi connectivity index (χ0n) is 19.4. The number of benzene rings is 1. The Morgan fingerprint density at radius 2 is 1.69 bits per heavy atom. The monoisotopic (exact) mass is 492 g/mol. The molecule has 12 heteroatoms. The third-order valence-electron chi connectivity index (χ3n) is 5.82. The van der Waals surface area contributed by atoms with E-state index in [1.807, 2.05) is 0 Å². The number of carbonyl (C=O) groups excluding carboxylic acids is 3. The summed E-state index contributed by atoms with van der Waals surface area (Å²) in [7, 11) is 0. The highest BCUT2D eigenvalue weighted by molar-refractivity contribution is 5.94. The van der Waals surface area contributed by atoms with Crippen molar-refractivity contribution < 1.29 is 39.3 Å². The third-order valence-corrected chi connectivity index (χ3v) is 5.82. The molecule has 2 rings (SSSR count). The Labute approximate surface area is 202 Å². The number of hydrogen-bond donors (Lipinski definition) is 6. The topological polar surface area (TPSA) is 199 Å². The lowest BCUT2D eigenvalue weighted by atomic mass is 10.0. The van der Waals surface area contributed by atoms with Crippen molar-refractivity contribution in [3.63, 3.8) is 0 Å². The highest BCUT2D eigenvalue weighted by Crippen LogP contribution is 2.20. The van der Waals surface area contributed by atoms with E-state index in [1.165, 1.54) is 11.8 Å². The Balaban J connectivity index is 2.26. The van der Waals surface area contributed by atoms with E-state index in [0.717, 1.165) is 0 Å². The van der Waals surface area contributed by atoms with Gasteiger partial charge in [0, 0.05) is 19.4 Å². The molecule has 0 bridgehead atoms. The van der Waals surface area contributed by atoms with E-state index in [-0.39, 0.29) is 19.4 Å². The molecule has 0 spiro atoms. The molecule has 0 aromatic heterocycles. The summed E-state index contributed by atoms with van der Waals surface area (Å²) in [5, 5.41) is 33.0. The second kappa shape index (κ2) is 12.8. The highest BCUT2D eigenvalue weighted by Gasteiger charge is 2.38. The van der Waals surface area contributed by atoms with Crippen LogP contribution in [0, 0.1) is 0 Å². The standard InChI is InChI=1S/C23H32N4O8/c1-13(28)19(24)21(32)25-15(9-10-18(29)30)20(31)26-16(12-14-6-3-2-4-7-14)22(33)27-11-5-8-17(27)23(34)35/h2-4,6-7,13,15-17,19,28H,5,8-12,24H2,1H3,(H,25,32)(H,26,31)(H,29,30)(H,34,35). The number of nitrogens with two attached hydrogens (primary N) is 1. The summed E-state index contributed by atoms with van der Waals surface area (Å²) in [4.78, 5) is 62.6. The number of carboxylic acid groups (broad SMARTS) is 2. The van der Waals surface area contributed by atoms with Gasteiger partial charge in [0.15, 0.2) is 0 Å². The molecule has 1 fully saturated rings. The van der Waals surface area contributed by atoms with Gasteiger partial charge in [0.25, 0.3) is 0 Å². The maximum atomic E-state index is 13.3. The number of hydrogen-bond acceptors (Lipinski definition) is 7. The van der Waals surface area contributed by atoms with Crippen molar-refractivity contribution in [3.05, 3.63) is 35.9 Å². The number of rotatable bonds is 12. The van der Waals surface area contributed by atoms with Crippen LogP contribution in [0.2, 0.25) is 0 Å². The summed E-state index contributed by atoms with van der Waals surface area (Å²) in [6.45, 7) is 1.51. The number of likely N-dealkylation sites (tertiary alicyclic amines) is 1. The van der Waals surface area contributed by atoms with Crippen molar-refractivity contribution in [2.45, 2.75) is 69.3 Å². The summed E-state index contributed by atoms with van der Waals surface area (Å²) >= 11 is 0. The van der Waals surface area contributed by atoms with Crippen LogP contribution in [0.5, 0.6) is 0 Å². The zero-order chi connectivity index (χ0) is 26.1. The number of nitrogens with zero attached hydrogens (tertiary/aromatic N) is 1. The molecule has 1 aliphatic heterocycles. The molecule has 1 aromatic rings. The van der Waals surface area contributed by atoms with E-state index in [1.54, 1.807) is 30.3 Å². The van der Waals surface area contributed by atoms with Crippen LogP contribution in [0.3, 0.4) is 0 Å². The van der Waals surface area contributed by atoms with Gasteiger partial charge in [0.2, 0.25) is 17.7 Å². The van der Waals surface area contributed by atoms with Gasteiger partial charge >= 0.3 is 11.9 Å². The molecule has 1 aliphatic rings. The molecule has 0 aliphatic carbocycles. The number of carbonyl (C=O) groups is 5. The minimum Gasteiger partial charge on any atom is -0.481 e. The van der Waals surface area contributed by atoms with Crippen molar-refractivity contribution in [2.75, 3.05) is 6.54 Å². The first kappa shape index (κ1) is 27.7. The van der Waals surface area contributed by atoms with Gasteiger partial charge in [-0.2, -0.15) is 0 Å². The van der Waals surface area contributed by atoms with Gasteiger partial charge < -0.3 is 36.6 Å². The quantitative estimate of drug-likeness (QED) is 0.208. The summed E-state index contributed by atoms with van der Waals surface area (Å²) in [5.74, 6) is -4.61. The molecule has 1 aromatic carbocycles. The van der Waals surface area contributed by atoms with Gasteiger partial charge in [-0.1, -0.05) is 30.3 Å². The molecule has 3 amide bonds. The van der Waals surface area contributed by atoms with Crippen LogP contribution in [-0.4, -0.2) is 86.7 Å². The van der Waals surface area contributed by atoms with Crippen LogP contribution in [0.1, 0.15) is 38.2 Å². The van der Waals surface area contributed by atoms with Crippen LogP contribution in [0.25, 0.3) is 0 Å². The first-order chi connectivity index (χ1) is 16.5. The number of amides is 3. The number of nitrogens with one attached hydrogen (secondary N) is 2. The second-order valence-electron chi connectivity index (χ2n) is 8.54. The maximum absolute atomic E-state index is 13.3. The average Bonchev–Trinajstić information content (AvgIpc) is 3.31. The Kier molecular flexibility index (Phi) is 10.2. The maximum Gasteiger partial charge on any atom is 0.326 e. The van der Waals surface area contributed by atoms with Crippen molar-refractivity contribution in [2.24, 2.45) is 5.73 Å². The first-order valence-electron chi connectivity index (χ1n) is 11.3. The molecular formula is C23H32N4O8. The van der Waals surface area contributed by atoms with Crippen LogP contribution >= 0.6 is 0 Å². The highest BCUT2D eigenvalue weighted by atomic mass is 16.4. The first-order valence-corrected chi connectivity index (χ1v) is 11.3. The van der Waals surface area contributed by atoms with Gasteiger partial charge in [-0.3, -0.25) is 19.2 Å². The molecule has 192 valence electrons. The van der Waals surface area contributed by atoms with Crippen LogP contribution in [0.4, 0.5) is 0 Å². The summed E-state index contributed by atoms with van der Waals surface area (Å²) in [6.07, 6.45) is -1.10. The van der Waals surface area contributed by atoms with Gasteiger partial charge in [0.1, 0.15) is 24.2 Å². The van der Waals surface area contributed by atoms with Crippen molar-refractivity contribution in [3.8, 4) is 0 Å². The largest absolute Gasteiger partial charge is 0.481 e. The SMILES string of the molecule is CC(O)C(N)C(=O)NC(CCC(=O)O)C(=O)NC(Cc1ccccc1)C(=O)N1CCCC1C(=O)O. The predicted octanol–water partition coefficient (Wildman–Crippen LogP) is -1.15. The average molecular weight is 493 g/mol. The molecule has 7 N–H and O–H groups in total. The van der Waals surface area contributed by atoms with Crippen molar-refractivity contribution >= 4 is 29.7 Å². The molecular weight excluding hydrogens is 460 g/mol. The lowest BCUT2D eigenvalue weighted by molar-refractivity contribution is -0.149. The number of carboxylic acids is 2. The van der Waals surface area contributed by atoms with E-state index in [4.69, 9.17) is 10.8 Å².